The van der Waals surface area contributed by atoms with Gasteiger partial charge in [0, 0.05) is 12.6 Å². The molecule has 6 heteroatoms. The Labute approximate surface area is 79.9 Å². The zero-order valence-corrected chi connectivity index (χ0v) is 7.46. The summed E-state index contributed by atoms with van der Waals surface area (Å²) in [7, 11) is 0. The van der Waals surface area contributed by atoms with Gasteiger partial charge in [0.15, 0.2) is 0 Å². The standard InChI is InChI=1S/C8H11N3O3/c9-6-1-2-11(8(13)10-6)7-3-5(12)4-14-7/h1-2,5,7,12H,3-4H2,(H2,9,10,13)/t5-,7+/m0/s1. The summed E-state index contributed by atoms with van der Waals surface area (Å²) in [4.78, 5) is 14.9. The van der Waals surface area contributed by atoms with Crippen molar-refractivity contribution in [1.29, 1.82) is 0 Å². The number of aliphatic hydroxyl groups excluding tert-OH is 1. The number of aromatic nitrogens is 2. The van der Waals surface area contributed by atoms with E-state index in [1.54, 1.807) is 0 Å². The minimum absolute atomic E-state index is 0.185. The van der Waals surface area contributed by atoms with Gasteiger partial charge in [-0.15, -0.1) is 0 Å². The van der Waals surface area contributed by atoms with Crippen molar-refractivity contribution in [2.75, 3.05) is 12.3 Å². The van der Waals surface area contributed by atoms with Crippen LogP contribution >= 0.6 is 0 Å². The molecule has 1 aliphatic heterocycles. The normalized spacial score (nSPS) is 26.6. The van der Waals surface area contributed by atoms with E-state index in [1.165, 1.54) is 16.8 Å². The summed E-state index contributed by atoms with van der Waals surface area (Å²) >= 11 is 0. The van der Waals surface area contributed by atoms with E-state index < -0.39 is 18.0 Å². The SMILES string of the molecule is Nc1ccn([C@H]2C[C@H](O)CO2)c(=O)n1. The van der Waals surface area contributed by atoms with E-state index in [-0.39, 0.29) is 12.4 Å². The van der Waals surface area contributed by atoms with Crippen LogP contribution in [0.1, 0.15) is 12.6 Å². The molecule has 1 aromatic heterocycles. The molecule has 1 aromatic rings. The summed E-state index contributed by atoms with van der Waals surface area (Å²) < 4.78 is 6.53. The summed E-state index contributed by atoms with van der Waals surface area (Å²) in [5.74, 6) is 0.185. The highest BCUT2D eigenvalue weighted by Gasteiger charge is 2.25. The molecule has 0 bridgehead atoms. The summed E-state index contributed by atoms with van der Waals surface area (Å²) in [6.45, 7) is 0.251. The number of hydrogen-bond acceptors (Lipinski definition) is 5. The van der Waals surface area contributed by atoms with Crippen molar-refractivity contribution in [3.63, 3.8) is 0 Å². The summed E-state index contributed by atoms with van der Waals surface area (Å²) in [6.07, 6.45) is 0.994. The fourth-order valence-corrected chi connectivity index (χ4v) is 1.43. The Bertz CT molecular complexity index is 390. The molecule has 0 radical (unpaired) electrons. The first-order valence-electron chi connectivity index (χ1n) is 4.31. The van der Waals surface area contributed by atoms with Gasteiger partial charge in [0.1, 0.15) is 12.0 Å². The van der Waals surface area contributed by atoms with Gasteiger partial charge >= 0.3 is 5.69 Å². The molecule has 76 valence electrons. The Kier molecular flexibility index (Phi) is 2.22. The van der Waals surface area contributed by atoms with E-state index >= 15 is 0 Å². The largest absolute Gasteiger partial charge is 0.391 e. The average Bonchev–Trinajstić information content (AvgIpc) is 2.51. The molecule has 2 atom stereocenters. The third-order valence-corrected chi connectivity index (χ3v) is 2.12. The highest BCUT2D eigenvalue weighted by Crippen LogP contribution is 2.21. The van der Waals surface area contributed by atoms with Crippen LogP contribution in [0.3, 0.4) is 0 Å². The van der Waals surface area contributed by atoms with Crippen molar-refractivity contribution in [3.8, 4) is 0 Å². The molecule has 0 aromatic carbocycles. The predicted octanol–water partition coefficient (Wildman–Crippen LogP) is -0.895. The molecular formula is C8H11N3O3. The number of ether oxygens (including phenoxy) is 1. The maximum Gasteiger partial charge on any atom is 0.351 e. The highest BCUT2D eigenvalue weighted by atomic mass is 16.5. The number of nitrogens with zero attached hydrogens (tertiary/aromatic N) is 2. The third-order valence-electron chi connectivity index (χ3n) is 2.12. The molecule has 2 rings (SSSR count). The smallest absolute Gasteiger partial charge is 0.351 e. The van der Waals surface area contributed by atoms with Gasteiger partial charge in [0.2, 0.25) is 0 Å². The second kappa shape index (κ2) is 3.39. The molecule has 6 nitrogen and oxygen atoms in total. The fourth-order valence-electron chi connectivity index (χ4n) is 1.43. The van der Waals surface area contributed by atoms with Crippen LogP contribution in [-0.2, 0) is 4.74 Å². The molecule has 0 saturated carbocycles. The van der Waals surface area contributed by atoms with Crippen molar-refractivity contribution in [1.82, 2.24) is 9.55 Å². The van der Waals surface area contributed by atoms with Crippen LogP contribution in [0.25, 0.3) is 0 Å². The zero-order chi connectivity index (χ0) is 10.1. The number of rotatable bonds is 1. The Morgan fingerprint density at radius 1 is 1.71 bits per heavy atom. The van der Waals surface area contributed by atoms with Crippen molar-refractivity contribution >= 4 is 5.82 Å². The van der Waals surface area contributed by atoms with E-state index in [0.29, 0.717) is 6.42 Å². The number of aliphatic hydroxyl groups is 1. The molecule has 1 aliphatic rings. The molecule has 2 heterocycles. The number of nitrogen functional groups attached to an aromatic ring is 1. The Hall–Kier alpha value is -1.40. The second-order valence-electron chi connectivity index (χ2n) is 3.22. The van der Waals surface area contributed by atoms with Gasteiger partial charge in [-0.3, -0.25) is 4.57 Å². The van der Waals surface area contributed by atoms with Crippen LogP contribution in [0, 0.1) is 0 Å². The minimum atomic E-state index is -0.510. The first-order chi connectivity index (χ1) is 6.66. The van der Waals surface area contributed by atoms with Gasteiger partial charge in [-0.25, -0.2) is 4.79 Å². The van der Waals surface area contributed by atoms with Gasteiger partial charge in [-0.1, -0.05) is 0 Å². The van der Waals surface area contributed by atoms with E-state index in [4.69, 9.17) is 10.5 Å². The highest BCUT2D eigenvalue weighted by molar-refractivity contribution is 5.23. The van der Waals surface area contributed by atoms with Crippen molar-refractivity contribution in [2.45, 2.75) is 18.8 Å². The average molecular weight is 197 g/mol. The molecular weight excluding hydrogens is 186 g/mol. The third kappa shape index (κ3) is 1.61. The zero-order valence-electron chi connectivity index (χ0n) is 7.46. The molecule has 1 saturated heterocycles. The second-order valence-corrected chi connectivity index (χ2v) is 3.22. The number of anilines is 1. The van der Waals surface area contributed by atoms with Crippen molar-refractivity contribution in [3.05, 3.63) is 22.7 Å². The van der Waals surface area contributed by atoms with Gasteiger partial charge in [-0.05, 0) is 6.07 Å². The van der Waals surface area contributed by atoms with Gasteiger partial charge < -0.3 is 15.6 Å². The molecule has 0 spiro atoms. The summed E-state index contributed by atoms with van der Waals surface area (Å²) in [6, 6.07) is 1.52. The lowest BCUT2D eigenvalue weighted by Crippen LogP contribution is -2.26. The maximum absolute atomic E-state index is 11.3. The first kappa shape index (κ1) is 9.17. The lowest BCUT2D eigenvalue weighted by atomic mass is 10.3. The van der Waals surface area contributed by atoms with E-state index in [2.05, 4.69) is 4.98 Å². The molecule has 0 aliphatic carbocycles. The number of nitrogens with two attached hydrogens (primary N) is 1. The van der Waals surface area contributed by atoms with Crippen LogP contribution < -0.4 is 11.4 Å². The van der Waals surface area contributed by atoms with Crippen LogP contribution in [0.15, 0.2) is 17.1 Å². The van der Waals surface area contributed by atoms with Crippen molar-refractivity contribution in [2.24, 2.45) is 0 Å². The predicted molar refractivity (Wildman–Crippen MR) is 48.5 cm³/mol. The van der Waals surface area contributed by atoms with E-state index in [0.717, 1.165) is 0 Å². The van der Waals surface area contributed by atoms with Gasteiger partial charge in [0.25, 0.3) is 0 Å². The Morgan fingerprint density at radius 2 is 2.50 bits per heavy atom. The van der Waals surface area contributed by atoms with E-state index in [1.807, 2.05) is 0 Å². The van der Waals surface area contributed by atoms with Gasteiger partial charge in [0.05, 0.1) is 12.7 Å². The first-order valence-corrected chi connectivity index (χ1v) is 4.31. The Balaban J connectivity index is 2.29. The molecule has 1 fully saturated rings. The topological polar surface area (TPSA) is 90.4 Å². The molecule has 14 heavy (non-hydrogen) atoms. The monoisotopic (exact) mass is 197 g/mol. The molecule has 3 N–H and O–H groups in total. The fraction of sp³-hybridized carbons (Fsp3) is 0.500. The molecule has 0 amide bonds. The number of hydrogen-bond donors (Lipinski definition) is 2. The molecule has 0 unspecified atom stereocenters. The lowest BCUT2D eigenvalue weighted by molar-refractivity contribution is 0.0448. The van der Waals surface area contributed by atoms with Crippen LogP contribution in [0.5, 0.6) is 0 Å². The van der Waals surface area contributed by atoms with Gasteiger partial charge in [-0.2, -0.15) is 4.98 Å². The lowest BCUT2D eigenvalue weighted by Gasteiger charge is -2.11. The summed E-state index contributed by atoms with van der Waals surface area (Å²) in [5, 5.41) is 9.22. The maximum atomic E-state index is 11.3. The quantitative estimate of drug-likeness (QED) is 0.609. The minimum Gasteiger partial charge on any atom is -0.391 e. The Morgan fingerprint density at radius 3 is 3.07 bits per heavy atom. The van der Waals surface area contributed by atoms with Crippen LogP contribution in [0.4, 0.5) is 5.82 Å². The summed E-state index contributed by atoms with van der Waals surface area (Å²) in [5.41, 5.74) is 4.88. The van der Waals surface area contributed by atoms with Crippen LogP contribution in [0.2, 0.25) is 0 Å². The van der Waals surface area contributed by atoms with Crippen LogP contribution in [-0.4, -0.2) is 27.4 Å². The van der Waals surface area contributed by atoms with E-state index in [9.17, 15) is 9.90 Å². The van der Waals surface area contributed by atoms with Crippen molar-refractivity contribution < 1.29 is 9.84 Å².